The van der Waals surface area contributed by atoms with E-state index in [1.807, 2.05) is 6.07 Å². The lowest BCUT2D eigenvalue weighted by atomic mass is 9.83. The van der Waals surface area contributed by atoms with Crippen LogP contribution in [0.2, 0.25) is 0 Å². The number of carbonyl (C=O) groups is 1. The van der Waals surface area contributed by atoms with Gasteiger partial charge < -0.3 is 5.32 Å². The molecule has 1 N–H and O–H groups in total. The molecule has 0 saturated heterocycles. The first kappa shape index (κ1) is 14.7. The third kappa shape index (κ3) is 2.71. The lowest BCUT2D eigenvalue weighted by Gasteiger charge is -2.22. The van der Waals surface area contributed by atoms with Gasteiger partial charge >= 0.3 is 0 Å². The number of benzene rings is 1. The van der Waals surface area contributed by atoms with Crippen LogP contribution in [0.3, 0.4) is 0 Å². The molecule has 0 spiro atoms. The van der Waals surface area contributed by atoms with E-state index in [1.54, 1.807) is 19.9 Å². The molecule has 98 valence electrons. The zero-order chi connectivity index (χ0) is 14.5. The van der Waals surface area contributed by atoms with E-state index >= 15 is 0 Å². The van der Waals surface area contributed by atoms with E-state index in [4.69, 9.17) is 10.5 Å². The average molecular weight is 259 g/mol. The minimum atomic E-state index is -1.15. The summed E-state index contributed by atoms with van der Waals surface area (Å²) in [4.78, 5) is 12.1. The molecule has 5 heteroatoms. The molecule has 1 rings (SSSR count). The zero-order valence-electron chi connectivity index (χ0n) is 10.8. The lowest BCUT2D eigenvalue weighted by Crippen LogP contribution is -2.34. The zero-order valence-corrected chi connectivity index (χ0v) is 10.8. The number of carbonyl (C=O) groups excluding carboxylic acids is 1. The summed E-state index contributed by atoms with van der Waals surface area (Å²) in [6.45, 7) is 3.48. The van der Waals surface area contributed by atoms with Crippen LogP contribution in [-0.2, 0) is 4.79 Å². The molecule has 0 aliphatic heterocycles. The molecule has 0 radical (unpaired) electrons. The van der Waals surface area contributed by atoms with Crippen LogP contribution in [0.5, 0.6) is 0 Å². The highest BCUT2D eigenvalue weighted by molar-refractivity contribution is 5.98. The average Bonchev–Trinajstić information content (AvgIpc) is 2.41. The highest BCUT2D eigenvalue weighted by atomic mass is 19.1. The Morgan fingerprint density at radius 1 is 1.37 bits per heavy atom. The Morgan fingerprint density at radius 3 is 2.47 bits per heavy atom. The fraction of sp³-hybridized carbons (Fsp3) is 0.357. The smallest absolute Gasteiger partial charge is 0.244 e. The summed E-state index contributed by atoms with van der Waals surface area (Å²) in [5.41, 5.74) is -1.29. The highest BCUT2D eigenvalue weighted by Gasteiger charge is 2.35. The van der Waals surface area contributed by atoms with Crippen molar-refractivity contribution in [3.8, 4) is 12.1 Å². The highest BCUT2D eigenvalue weighted by Crippen LogP contribution is 2.28. The van der Waals surface area contributed by atoms with Crippen molar-refractivity contribution in [3.05, 3.63) is 29.6 Å². The Bertz CT molecular complexity index is 565. The number of nitrogens with one attached hydrogen (secondary N) is 1. The largest absolute Gasteiger partial charge is 0.323 e. The van der Waals surface area contributed by atoms with Crippen molar-refractivity contribution in [1.29, 1.82) is 10.5 Å². The second-order valence-electron chi connectivity index (χ2n) is 4.13. The fourth-order valence-electron chi connectivity index (χ4n) is 1.76. The van der Waals surface area contributed by atoms with Gasteiger partial charge in [-0.05, 0) is 25.0 Å². The van der Waals surface area contributed by atoms with Crippen molar-refractivity contribution in [2.24, 2.45) is 5.41 Å². The van der Waals surface area contributed by atoms with Crippen molar-refractivity contribution in [3.63, 3.8) is 0 Å². The van der Waals surface area contributed by atoms with Gasteiger partial charge in [-0.15, -0.1) is 0 Å². The third-order valence-corrected chi connectivity index (χ3v) is 3.23. The van der Waals surface area contributed by atoms with Gasteiger partial charge in [-0.25, -0.2) is 4.39 Å². The SMILES string of the molecule is CCC(C#N)(CC)C(=O)Nc1cccc(F)c1C#N. The number of halogens is 1. The second kappa shape index (κ2) is 5.97. The predicted octanol–water partition coefficient (Wildman–Crippen LogP) is 2.97. The Labute approximate surface area is 111 Å². The number of rotatable bonds is 4. The number of hydrogen-bond donors (Lipinski definition) is 1. The molecule has 0 atom stereocenters. The Hall–Kier alpha value is -2.40. The first-order valence-corrected chi connectivity index (χ1v) is 5.96. The van der Waals surface area contributed by atoms with Crippen molar-refractivity contribution in [2.75, 3.05) is 5.32 Å². The number of anilines is 1. The van der Waals surface area contributed by atoms with Gasteiger partial charge in [0.2, 0.25) is 5.91 Å². The molecule has 0 bridgehead atoms. The van der Waals surface area contributed by atoms with E-state index in [-0.39, 0.29) is 11.3 Å². The summed E-state index contributed by atoms with van der Waals surface area (Å²) in [6.07, 6.45) is 0.700. The molecule has 1 aromatic carbocycles. The molecular formula is C14H14FN3O. The van der Waals surface area contributed by atoms with Crippen LogP contribution >= 0.6 is 0 Å². The van der Waals surface area contributed by atoms with Crippen LogP contribution in [-0.4, -0.2) is 5.91 Å². The minimum absolute atomic E-state index is 0.0917. The summed E-state index contributed by atoms with van der Waals surface area (Å²) >= 11 is 0. The number of nitriles is 2. The van der Waals surface area contributed by atoms with E-state index in [2.05, 4.69) is 5.32 Å². The van der Waals surface area contributed by atoms with E-state index in [1.165, 1.54) is 12.1 Å². The number of hydrogen-bond acceptors (Lipinski definition) is 3. The van der Waals surface area contributed by atoms with Gasteiger partial charge in [0.05, 0.1) is 11.8 Å². The Kier molecular flexibility index (Phi) is 4.61. The molecule has 0 aliphatic carbocycles. The maximum absolute atomic E-state index is 13.4. The molecule has 0 aromatic heterocycles. The monoisotopic (exact) mass is 259 g/mol. The summed E-state index contributed by atoms with van der Waals surface area (Å²) in [5.74, 6) is -1.21. The molecule has 4 nitrogen and oxygen atoms in total. The first-order chi connectivity index (χ1) is 9.04. The van der Waals surface area contributed by atoms with Gasteiger partial charge in [0.1, 0.15) is 22.9 Å². The van der Waals surface area contributed by atoms with Crippen molar-refractivity contribution in [1.82, 2.24) is 0 Å². The normalized spacial score (nSPS) is 10.4. The van der Waals surface area contributed by atoms with Crippen LogP contribution in [0, 0.1) is 33.9 Å². The van der Waals surface area contributed by atoms with Crippen LogP contribution in [0.25, 0.3) is 0 Å². The summed E-state index contributed by atoms with van der Waals surface area (Å²) in [6, 6.07) is 7.68. The molecule has 0 heterocycles. The summed E-state index contributed by atoms with van der Waals surface area (Å²) < 4.78 is 13.4. The van der Waals surface area contributed by atoms with Gasteiger partial charge in [-0.1, -0.05) is 19.9 Å². The van der Waals surface area contributed by atoms with Crippen molar-refractivity contribution in [2.45, 2.75) is 26.7 Å². The fourth-order valence-corrected chi connectivity index (χ4v) is 1.76. The standard InChI is InChI=1S/C14H14FN3O/c1-3-14(4-2,9-17)13(19)18-12-7-5-6-11(15)10(12)8-16/h5-7H,3-4H2,1-2H3,(H,18,19). The Balaban J connectivity index is 3.12. The summed E-state index contributed by atoms with van der Waals surface area (Å²) in [7, 11) is 0. The van der Waals surface area contributed by atoms with E-state index in [0.29, 0.717) is 12.8 Å². The molecule has 1 amide bonds. The molecule has 0 saturated carbocycles. The topological polar surface area (TPSA) is 76.7 Å². The molecule has 0 unspecified atom stereocenters. The molecule has 0 aliphatic rings. The van der Waals surface area contributed by atoms with Crippen LogP contribution < -0.4 is 5.32 Å². The van der Waals surface area contributed by atoms with E-state index < -0.39 is 17.1 Å². The molecular weight excluding hydrogens is 245 g/mol. The lowest BCUT2D eigenvalue weighted by molar-refractivity contribution is -0.123. The van der Waals surface area contributed by atoms with Crippen LogP contribution in [0.15, 0.2) is 18.2 Å². The number of amides is 1. The third-order valence-electron chi connectivity index (χ3n) is 3.23. The van der Waals surface area contributed by atoms with E-state index in [9.17, 15) is 9.18 Å². The predicted molar refractivity (Wildman–Crippen MR) is 68.4 cm³/mol. The van der Waals surface area contributed by atoms with Gasteiger partial charge in [0.15, 0.2) is 0 Å². The second-order valence-corrected chi connectivity index (χ2v) is 4.13. The van der Waals surface area contributed by atoms with Gasteiger partial charge in [-0.3, -0.25) is 4.79 Å². The number of nitrogens with zero attached hydrogens (tertiary/aromatic N) is 2. The maximum atomic E-state index is 13.4. The molecule has 0 fully saturated rings. The molecule has 1 aromatic rings. The minimum Gasteiger partial charge on any atom is -0.323 e. The summed E-state index contributed by atoms with van der Waals surface area (Å²) in [5, 5.41) is 20.5. The van der Waals surface area contributed by atoms with Gasteiger partial charge in [-0.2, -0.15) is 10.5 Å². The van der Waals surface area contributed by atoms with Gasteiger partial charge in [0.25, 0.3) is 0 Å². The van der Waals surface area contributed by atoms with Crippen molar-refractivity contribution >= 4 is 11.6 Å². The Morgan fingerprint density at radius 2 is 2.00 bits per heavy atom. The van der Waals surface area contributed by atoms with Gasteiger partial charge in [0, 0.05) is 0 Å². The van der Waals surface area contributed by atoms with Crippen LogP contribution in [0.1, 0.15) is 32.3 Å². The quantitative estimate of drug-likeness (QED) is 0.903. The van der Waals surface area contributed by atoms with Crippen molar-refractivity contribution < 1.29 is 9.18 Å². The molecule has 19 heavy (non-hydrogen) atoms. The van der Waals surface area contributed by atoms with Crippen LogP contribution in [0.4, 0.5) is 10.1 Å². The first-order valence-electron chi connectivity index (χ1n) is 5.96. The van der Waals surface area contributed by atoms with E-state index in [0.717, 1.165) is 6.07 Å². The maximum Gasteiger partial charge on any atom is 0.244 e.